The number of carbonyl (C=O) groups is 1. The smallest absolute Gasteiger partial charge is 0.338 e. The molecule has 0 radical (unpaired) electrons. The van der Waals surface area contributed by atoms with Gasteiger partial charge in [0.2, 0.25) is 0 Å². The van der Waals surface area contributed by atoms with Crippen LogP contribution in [0.5, 0.6) is 0 Å². The lowest BCUT2D eigenvalue weighted by atomic mass is 10.1. The number of nitrogen functional groups attached to an aromatic ring is 1. The quantitative estimate of drug-likeness (QED) is 0.640. The summed E-state index contributed by atoms with van der Waals surface area (Å²) in [6, 6.07) is 5.24. The van der Waals surface area contributed by atoms with Gasteiger partial charge < -0.3 is 15.2 Å². The summed E-state index contributed by atoms with van der Waals surface area (Å²) < 4.78 is 10.5. The Labute approximate surface area is 101 Å². The van der Waals surface area contributed by atoms with Crippen molar-refractivity contribution < 1.29 is 14.3 Å². The van der Waals surface area contributed by atoms with Crippen LogP contribution in [0.1, 0.15) is 22.3 Å². The van der Waals surface area contributed by atoms with Crippen molar-refractivity contribution in [1.29, 1.82) is 0 Å². The van der Waals surface area contributed by atoms with E-state index in [1.54, 1.807) is 12.1 Å². The minimum Gasteiger partial charge on any atom is -0.462 e. The average Bonchev–Trinajstić information content (AvgIpc) is 2.77. The van der Waals surface area contributed by atoms with Gasteiger partial charge in [0.1, 0.15) is 0 Å². The highest BCUT2D eigenvalue weighted by Crippen LogP contribution is 2.15. The van der Waals surface area contributed by atoms with Gasteiger partial charge in [0.15, 0.2) is 0 Å². The first-order chi connectivity index (χ1) is 8.15. The molecule has 4 nitrogen and oxygen atoms in total. The van der Waals surface area contributed by atoms with Crippen molar-refractivity contribution in [3.8, 4) is 0 Å². The van der Waals surface area contributed by atoms with Gasteiger partial charge in [0.05, 0.1) is 18.8 Å². The summed E-state index contributed by atoms with van der Waals surface area (Å²) in [4.78, 5) is 11.8. The number of anilines is 1. The van der Waals surface area contributed by atoms with Crippen LogP contribution in [0.3, 0.4) is 0 Å². The molecule has 0 aromatic heterocycles. The highest BCUT2D eigenvalue weighted by Gasteiger charge is 2.18. The molecular weight excluding hydrogens is 218 g/mol. The Kier molecular flexibility index (Phi) is 3.64. The monoisotopic (exact) mass is 235 g/mol. The molecule has 0 spiro atoms. The molecule has 2 N–H and O–H groups in total. The number of carbonyl (C=O) groups excluding carboxylic acids is 1. The van der Waals surface area contributed by atoms with E-state index < -0.39 is 0 Å². The van der Waals surface area contributed by atoms with Gasteiger partial charge in [0.25, 0.3) is 0 Å². The molecule has 1 aromatic carbocycles. The van der Waals surface area contributed by atoms with Crippen molar-refractivity contribution in [2.75, 3.05) is 25.6 Å². The number of aryl methyl sites for hydroxylation is 1. The maximum atomic E-state index is 11.8. The molecule has 4 heteroatoms. The molecule has 1 fully saturated rings. The van der Waals surface area contributed by atoms with Crippen molar-refractivity contribution in [1.82, 2.24) is 0 Å². The van der Waals surface area contributed by atoms with Crippen molar-refractivity contribution in [3.05, 3.63) is 29.3 Å². The number of hydrogen-bond donors (Lipinski definition) is 1. The first-order valence-corrected chi connectivity index (χ1v) is 5.77. The predicted molar refractivity (Wildman–Crippen MR) is 64.8 cm³/mol. The van der Waals surface area contributed by atoms with Gasteiger partial charge in [-0.05, 0) is 37.1 Å². The Morgan fingerprint density at radius 2 is 2.35 bits per heavy atom. The van der Waals surface area contributed by atoms with Gasteiger partial charge in [-0.3, -0.25) is 0 Å². The lowest BCUT2D eigenvalue weighted by molar-refractivity contribution is 0.0428. The minimum absolute atomic E-state index is 0.313. The Balaban J connectivity index is 1.94. The molecule has 1 aliphatic rings. The zero-order chi connectivity index (χ0) is 12.3. The zero-order valence-corrected chi connectivity index (χ0v) is 9.94. The number of benzene rings is 1. The summed E-state index contributed by atoms with van der Waals surface area (Å²) in [7, 11) is 0. The maximum Gasteiger partial charge on any atom is 0.338 e. The van der Waals surface area contributed by atoms with Crippen LogP contribution in [0.15, 0.2) is 18.2 Å². The van der Waals surface area contributed by atoms with E-state index in [4.69, 9.17) is 15.2 Å². The van der Waals surface area contributed by atoms with Crippen LogP contribution in [0.2, 0.25) is 0 Å². The summed E-state index contributed by atoms with van der Waals surface area (Å²) in [5.74, 6) is 0.0217. The van der Waals surface area contributed by atoms with Gasteiger partial charge in [-0.25, -0.2) is 4.79 Å². The van der Waals surface area contributed by atoms with E-state index >= 15 is 0 Å². The molecule has 0 bridgehead atoms. The number of hydrogen-bond acceptors (Lipinski definition) is 4. The molecule has 1 unspecified atom stereocenters. The molecule has 1 atom stereocenters. The van der Waals surface area contributed by atoms with Crippen LogP contribution in [0, 0.1) is 12.8 Å². The van der Waals surface area contributed by atoms with Gasteiger partial charge in [-0.1, -0.05) is 0 Å². The lowest BCUT2D eigenvalue weighted by Crippen LogP contribution is -2.14. The normalized spacial score (nSPS) is 19.2. The molecule has 92 valence electrons. The molecule has 1 heterocycles. The van der Waals surface area contributed by atoms with Gasteiger partial charge >= 0.3 is 5.97 Å². The molecule has 0 aliphatic carbocycles. The molecule has 0 amide bonds. The fourth-order valence-electron chi connectivity index (χ4n) is 1.92. The first kappa shape index (κ1) is 11.9. The second-order valence-corrected chi connectivity index (χ2v) is 4.46. The SMILES string of the molecule is Cc1cc(N)cc(C(=O)OCC2CCOC2)c1. The number of esters is 1. The van der Waals surface area contributed by atoms with Gasteiger partial charge in [-0.2, -0.15) is 0 Å². The van der Waals surface area contributed by atoms with Crippen LogP contribution < -0.4 is 5.73 Å². The second-order valence-electron chi connectivity index (χ2n) is 4.46. The molecular formula is C13H17NO3. The first-order valence-electron chi connectivity index (χ1n) is 5.77. The summed E-state index contributed by atoms with van der Waals surface area (Å²) in [5, 5.41) is 0. The summed E-state index contributed by atoms with van der Waals surface area (Å²) in [5.41, 5.74) is 7.75. The molecule has 1 aliphatic heterocycles. The predicted octanol–water partition coefficient (Wildman–Crippen LogP) is 1.77. The third-order valence-electron chi connectivity index (χ3n) is 2.81. The molecule has 17 heavy (non-hydrogen) atoms. The summed E-state index contributed by atoms with van der Waals surface area (Å²) >= 11 is 0. The highest BCUT2D eigenvalue weighted by atomic mass is 16.5. The number of rotatable bonds is 3. The van der Waals surface area contributed by atoms with Crippen LogP contribution in [0.4, 0.5) is 5.69 Å². The van der Waals surface area contributed by atoms with E-state index in [9.17, 15) is 4.79 Å². The average molecular weight is 235 g/mol. The molecule has 1 aromatic rings. The largest absolute Gasteiger partial charge is 0.462 e. The van der Waals surface area contributed by atoms with Gasteiger partial charge in [0, 0.05) is 18.2 Å². The maximum absolute atomic E-state index is 11.8. The van der Waals surface area contributed by atoms with E-state index in [2.05, 4.69) is 0 Å². The fraction of sp³-hybridized carbons (Fsp3) is 0.462. The Morgan fingerprint density at radius 3 is 3.00 bits per heavy atom. The third-order valence-corrected chi connectivity index (χ3v) is 2.81. The molecule has 0 saturated carbocycles. The highest BCUT2D eigenvalue weighted by molar-refractivity contribution is 5.90. The summed E-state index contributed by atoms with van der Waals surface area (Å²) in [6.45, 7) is 3.77. The third kappa shape index (κ3) is 3.20. The van der Waals surface area contributed by atoms with Gasteiger partial charge in [-0.15, -0.1) is 0 Å². The van der Waals surface area contributed by atoms with Crippen molar-refractivity contribution in [3.63, 3.8) is 0 Å². The second kappa shape index (κ2) is 5.19. The number of nitrogens with two attached hydrogens (primary N) is 1. The van der Waals surface area contributed by atoms with E-state index in [1.807, 2.05) is 13.0 Å². The van der Waals surface area contributed by atoms with Crippen LogP contribution in [-0.4, -0.2) is 25.8 Å². The topological polar surface area (TPSA) is 61.6 Å². The van der Waals surface area contributed by atoms with E-state index in [0.29, 0.717) is 30.4 Å². The van der Waals surface area contributed by atoms with Crippen molar-refractivity contribution >= 4 is 11.7 Å². The minimum atomic E-state index is -0.313. The van der Waals surface area contributed by atoms with Crippen LogP contribution in [-0.2, 0) is 9.47 Å². The standard InChI is InChI=1S/C13H17NO3/c1-9-4-11(6-12(14)5-9)13(15)17-8-10-2-3-16-7-10/h4-6,10H,2-3,7-8,14H2,1H3. The summed E-state index contributed by atoms with van der Waals surface area (Å²) in [6.07, 6.45) is 0.962. The van der Waals surface area contributed by atoms with Crippen LogP contribution >= 0.6 is 0 Å². The Bertz CT molecular complexity index is 391. The molecule has 2 rings (SSSR count). The van der Waals surface area contributed by atoms with Crippen molar-refractivity contribution in [2.45, 2.75) is 13.3 Å². The lowest BCUT2D eigenvalue weighted by Gasteiger charge is -2.09. The van der Waals surface area contributed by atoms with Crippen molar-refractivity contribution in [2.24, 2.45) is 5.92 Å². The molecule has 1 saturated heterocycles. The van der Waals surface area contributed by atoms with E-state index in [1.165, 1.54) is 0 Å². The Hall–Kier alpha value is -1.55. The number of ether oxygens (including phenoxy) is 2. The van der Waals surface area contributed by atoms with Crippen LogP contribution in [0.25, 0.3) is 0 Å². The van der Waals surface area contributed by atoms with E-state index in [0.717, 1.165) is 18.6 Å². The van der Waals surface area contributed by atoms with E-state index in [-0.39, 0.29) is 5.97 Å². The Morgan fingerprint density at radius 1 is 1.53 bits per heavy atom. The zero-order valence-electron chi connectivity index (χ0n) is 9.94. The fourth-order valence-corrected chi connectivity index (χ4v) is 1.92.